The van der Waals surface area contributed by atoms with Crippen LogP contribution >= 0.6 is 28.3 Å². The second-order valence-electron chi connectivity index (χ2n) is 4.62. The van der Waals surface area contributed by atoms with E-state index in [1.165, 1.54) is 6.07 Å². The molecule has 0 bridgehead atoms. The Labute approximate surface area is 134 Å². The average molecular weight is 368 g/mol. The summed E-state index contributed by atoms with van der Waals surface area (Å²) in [6.45, 7) is 4.54. The molecule has 0 radical (unpaired) electrons. The van der Waals surface area contributed by atoms with Crippen LogP contribution in [0.1, 0.15) is 32.3 Å². The average Bonchev–Trinajstić information content (AvgIpc) is 2.42. The highest BCUT2D eigenvalue weighted by Gasteiger charge is 2.32. The van der Waals surface area contributed by atoms with Gasteiger partial charge in [-0.1, -0.05) is 19.9 Å². The van der Waals surface area contributed by atoms with E-state index in [1.54, 1.807) is 12.1 Å². The fraction of sp³-hybridized carbons (Fsp3) is 0.500. The van der Waals surface area contributed by atoms with Gasteiger partial charge in [0.05, 0.1) is 9.89 Å². The van der Waals surface area contributed by atoms with Crippen molar-refractivity contribution in [1.82, 2.24) is 5.32 Å². The van der Waals surface area contributed by atoms with Crippen molar-refractivity contribution in [2.45, 2.75) is 33.2 Å². The molecule has 0 heterocycles. The first-order chi connectivity index (χ1) is 8.99. The number of hydrogen-bond donors (Lipinski definition) is 2. The Balaban J connectivity index is 0.00000361. The topological polar surface area (TPSA) is 55.1 Å². The van der Waals surface area contributed by atoms with Crippen molar-refractivity contribution in [3.8, 4) is 0 Å². The number of benzene rings is 1. The van der Waals surface area contributed by atoms with Crippen molar-refractivity contribution in [2.24, 2.45) is 11.1 Å². The van der Waals surface area contributed by atoms with Gasteiger partial charge < -0.3 is 11.1 Å². The number of amides is 1. The minimum Gasteiger partial charge on any atom is -0.352 e. The molecule has 1 amide bonds. The molecular weight excluding hydrogens is 347 g/mol. The zero-order chi connectivity index (χ0) is 14.5. The van der Waals surface area contributed by atoms with Gasteiger partial charge in [-0.2, -0.15) is 0 Å². The van der Waals surface area contributed by atoms with Crippen LogP contribution in [0.2, 0.25) is 0 Å². The maximum absolute atomic E-state index is 13.4. The van der Waals surface area contributed by atoms with E-state index < -0.39 is 5.41 Å². The van der Waals surface area contributed by atoms with Crippen molar-refractivity contribution in [3.05, 3.63) is 34.1 Å². The van der Waals surface area contributed by atoms with E-state index in [0.717, 1.165) is 5.56 Å². The lowest BCUT2D eigenvalue weighted by Crippen LogP contribution is -2.45. The third kappa shape index (κ3) is 4.43. The fourth-order valence-electron chi connectivity index (χ4n) is 1.97. The molecule has 6 heteroatoms. The molecule has 0 aliphatic heterocycles. The third-order valence-electron chi connectivity index (χ3n) is 3.66. The molecule has 0 fully saturated rings. The number of carbonyl (C=O) groups excluding carboxylic acids is 1. The van der Waals surface area contributed by atoms with Gasteiger partial charge in [0.15, 0.2) is 0 Å². The molecule has 0 saturated heterocycles. The van der Waals surface area contributed by atoms with Gasteiger partial charge in [0, 0.05) is 13.1 Å². The number of nitrogens with one attached hydrogen (secondary N) is 1. The van der Waals surface area contributed by atoms with Gasteiger partial charge in [0.2, 0.25) is 5.91 Å². The summed E-state index contributed by atoms with van der Waals surface area (Å²) in [4.78, 5) is 12.2. The van der Waals surface area contributed by atoms with Gasteiger partial charge in [0.25, 0.3) is 0 Å². The second kappa shape index (κ2) is 8.60. The predicted molar refractivity (Wildman–Crippen MR) is 85.3 cm³/mol. The van der Waals surface area contributed by atoms with Gasteiger partial charge in [-0.25, -0.2) is 4.39 Å². The van der Waals surface area contributed by atoms with E-state index in [-0.39, 0.29) is 24.1 Å². The lowest BCUT2D eigenvalue weighted by atomic mass is 9.81. The summed E-state index contributed by atoms with van der Waals surface area (Å²) in [5, 5.41) is 2.84. The Morgan fingerprint density at radius 2 is 2.00 bits per heavy atom. The largest absolute Gasteiger partial charge is 0.352 e. The normalized spacial score (nSPS) is 10.8. The van der Waals surface area contributed by atoms with E-state index in [1.807, 2.05) is 13.8 Å². The number of hydrogen-bond acceptors (Lipinski definition) is 2. The summed E-state index contributed by atoms with van der Waals surface area (Å²) in [5.74, 6) is -0.397. The van der Waals surface area contributed by atoms with Crippen LogP contribution in [0.25, 0.3) is 0 Å². The number of carbonyl (C=O) groups is 1. The van der Waals surface area contributed by atoms with E-state index in [4.69, 9.17) is 5.73 Å². The Morgan fingerprint density at radius 3 is 2.45 bits per heavy atom. The monoisotopic (exact) mass is 366 g/mol. The Morgan fingerprint density at radius 1 is 1.40 bits per heavy atom. The number of rotatable bonds is 6. The van der Waals surface area contributed by atoms with Gasteiger partial charge in [0.1, 0.15) is 5.82 Å². The summed E-state index contributed by atoms with van der Waals surface area (Å²) < 4.78 is 13.8. The highest BCUT2D eigenvalue weighted by molar-refractivity contribution is 9.10. The van der Waals surface area contributed by atoms with Gasteiger partial charge in [-0.05, 0) is 46.5 Å². The Hall–Kier alpha value is -0.650. The van der Waals surface area contributed by atoms with Gasteiger partial charge >= 0.3 is 0 Å². The third-order valence-corrected chi connectivity index (χ3v) is 4.31. The van der Waals surface area contributed by atoms with E-state index in [0.29, 0.717) is 30.4 Å². The summed E-state index contributed by atoms with van der Waals surface area (Å²) in [6, 6.07) is 4.81. The fourth-order valence-corrected chi connectivity index (χ4v) is 2.22. The van der Waals surface area contributed by atoms with Crippen LogP contribution in [0, 0.1) is 11.2 Å². The first-order valence-electron chi connectivity index (χ1n) is 6.41. The van der Waals surface area contributed by atoms with Crippen LogP contribution in [0.15, 0.2) is 22.7 Å². The van der Waals surface area contributed by atoms with Gasteiger partial charge in [-0.3, -0.25) is 4.79 Å². The minimum atomic E-state index is -0.520. The lowest BCUT2D eigenvalue weighted by Gasteiger charge is -2.28. The first kappa shape index (κ1) is 19.4. The molecule has 0 aliphatic rings. The summed E-state index contributed by atoms with van der Waals surface area (Å²) in [5.41, 5.74) is 5.92. The van der Waals surface area contributed by atoms with Crippen LogP contribution in [-0.2, 0) is 11.3 Å². The van der Waals surface area contributed by atoms with Crippen LogP contribution in [0.3, 0.4) is 0 Å². The summed E-state index contributed by atoms with van der Waals surface area (Å²) in [7, 11) is 0. The van der Waals surface area contributed by atoms with Crippen LogP contribution < -0.4 is 11.1 Å². The van der Waals surface area contributed by atoms with Crippen LogP contribution in [0.4, 0.5) is 4.39 Å². The zero-order valence-corrected chi connectivity index (χ0v) is 14.1. The zero-order valence-electron chi connectivity index (χ0n) is 11.7. The number of halogens is 3. The summed E-state index contributed by atoms with van der Waals surface area (Å²) >= 11 is 3.10. The summed E-state index contributed by atoms with van der Waals surface area (Å²) in [6.07, 6.45) is 1.39. The Kier molecular flexibility index (Phi) is 8.32. The van der Waals surface area contributed by atoms with Crippen LogP contribution in [0.5, 0.6) is 0 Å². The van der Waals surface area contributed by atoms with Gasteiger partial charge in [-0.15, -0.1) is 12.4 Å². The first-order valence-corrected chi connectivity index (χ1v) is 7.20. The molecule has 114 valence electrons. The minimum absolute atomic E-state index is 0. The van der Waals surface area contributed by atoms with Crippen molar-refractivity contribution in [1.29, 1.82) is 0 Å². The molecule has 0 aromatic heterocycles. The standard InChI is InChI=1S/C14H20BrFN2O.ClH/c1-3-14(4-2,9-17)13(19)18-8-10-5-6-11(15)12(16)7-10;/h5-7H,3-4,8-9,17H2,1-2H3,(H,18,19);1H. The molecule has 0 spiro atoms. The predicted octanol–water partition coefficient (Wildman–Crippen LogP) is 3.39. The molecule has 0 unspecified atom stereocenters. The van der Waals surface area contributed by atoms with E-state index in [9.17, 15) is 9.18 Å². The van der Waals surface area contributed by atoms with Crippen molar-refractivity contribution in [3.63, 3.8) is 0 Å². The highest BCUT2D eigenvalue weighted by atomic mass is 79.9. The smallest absolute Gasteiger partial charge is 0.227 e. The molecule has 3 N–H and O–H groups in total. The Bertz CT molecular complexity index is 445. The maximum atomic E-state index is 13.4. The van der Waals surface area contributed by atoms with E-state index >= 15 is 0 Å². The van der Waals surface area contributed by atoms with E-state index in [2.05, 4.69) is 21.2 Å². The van der Waals surface area contributed by atoms with Crippen molar-refractivity contribution >= 4 is 34.2 Å². The molecule has 3 nitrogen and oxygen atoms in total. The number of nitrogens with two attached hydrogens (primary N) is 1. The molecular formula is C14H21BrClFN2O. The van der Waals surface area contributed by atoms with Crippen LogP contribution in [-0.4, -0.2) is 12.5 Å². The highest BCUT2D eigenvalue weighted by Crippen LogP contribution is 2.25. The molecule has 1 aromatic rings. The molecule has 1 rings (SSSR count). The molecule has 0 saturated carbocycles. The molecule has 0 atom stereocenters. The van der Waals surface area contributed by atoms with Crippen molar-refractivity contribution < 1.29 is 9.18 Å². The SMILES string of the molecule is CCC(CC)(CN)C(=O)NCc1ccc(Br)c(F)c1.Cl. The molecule has 0 aliphatic carbocycles. The lowest BCUT2D eigenvalue weighted by molar-refractivity contribution is -0.131. The maximum Gasteiger partial charge on any atom is 0.227 e. The second-order valence-corrected chi connectivity index (χ2v) is 5.48. The molecule has 20 heavy (non-hydrogen) atoms. The molecule has 1 aromatic carbocycles. The van der Waals surface area contributed by atoms with Crippen molar-refractivity contribution in [2.75, 3.05) is 6.54 Å². The quantitative estimate of drug-likeness (QED) is 0.810.